The lowest BCUT2D eigenvalue weighted by Gasteiger charge is -2.42. The van der Waals surface area contributed by atoms with Crippen LogP contribution in [0.15, 0.2) is 129 Å². The predicted octanol–water partition coefficient (Wildman–Crippen LogP) is 7.76. The third-order valence-corrected chi connectivity index (χ3v) is 13.9. The van der Waals surface area contributed by atoms with E-state index in [1.165, 1.54) is 25.3 Å². The Hall–Kier alpha value is -7.96. The van der Waals surface area contributed by atoms with Gasteiger partial charge in [-0.25, -0.2) is 4.99 Å². The highest BCUT2D eigenvalue weighted by molar-refractivity contribution is 5.94. The lowest BCUT2D eigenvalue weighted by molar-refractivity contribution is 0.156. The summed E-state index contributed by atoms with van der Waals surface area (Å²) in [5.41, 5.74) is 20.5. The van der Waals surface area contributed by atoms with Gasteiger partial charge in [0.1, 0.15) is 22.7 Å². The Bertz CT molecular complexity index is 3310. The minimum absolute atomic E-state index is 0.0192. The number of rotatable bonds is 11. The first kappa shape index (κ1) is 48.7. The molecule has 374 valence electrons. The SMILES string of the molecule is CCc1cc2c([nH]1)N1CCNC3C#CC(Cc4cccc-2c4)c2c(c(OC)c(OCCC(O)C=Cc4ccccc4)c4c(=O)cc(-c5ccc(O)cc5)oc24)OCC(CO)Cc2ccc(cc2N=C(N)N)CC31. The zero-order valence-corrected chi connectivity index (χ0v) is 40.9. The second kappa shape index (κ2) is 21.4. The summed E-state index contributed by atoms with van der Waals surface area (Å²) < 4.78 is 26.9. The number of methoxy groups -OCH3 is 1. The molecule has 0 aliphatic carbocycles. The number of phenols is 1. The van der Waals surface area contributed by atoms with Gasteiger partial charge < -0.3 is 60.6 Å². The fourth-order valence-electron chi connectivity index (χ4n) is 10.3. The van der Waals surface area contributed by atoms with Crippen molar-refractivity contribution in [2.24, 2.45) is 22.4 Å². The van der Waals surface area contributed by atoms with E-state index >= 15 is 0 Å². The average molecular weight is 981 g/mol. The van der Waals surface area contributed by atoms with Crippen LogP contribution in [0.5, 0.6) is 23.0 Å². The summed E-state index contributed by atoms with van der Waals surface area (Å²) >= 11 is 0. The number of ether oxygens (including phenoxy) is 3. The Balaban J connectivity index is 1.22. The molecule has 0 saturated carbocycles. The molecule has 14 nitrogen and oxygen atoms in total. The maximum absolute atomic E-state index is 15.0. The molecular formula is C59H60N6O8. The van der Waals surface area contributed by atoms with Gasteiger partial charge in [0.15, 0.2) is 28.5 Å². The van der Waals surface area contributed by atoms with Gasteiger partial charge in [-0.2, -0.15) is 0 Å². The number of fused-ring (bicyclic) bond motifs is 11. The Kier molecular flexibility index (Phi) is 14.3. The molecule has 2 aromatic heterocycles. The van der Waals surface area contributed by atoms with Crippen LogP contribution in [0.25, 0.3) is 39.5 Å². The number of nitrogens with one attached hydrogen (secondary N) is 2. The summed E-state index contributed by atoms with van der Waals surface area (Å²) in [5.74, 6) is 7.96. The smallest absolute Gasteiger partial charge is 0.204 e. The molecule has 4 aliphatic rings. The number of benzene rings is 5. The number of piperazine rings is 1. The molecule has 9 N–H and O–H groups in total. The maximum Gasteiger partial charge on any atom is 0.204 e. The summed E-state index contributed by atoms with van der Waals surface area (Å²) in [6.07, 6.45) is 4.94. The molecule has 11 rings (SSSR count). The third-order valence-electron chi connectivity index (χ3n) is 13.9. The van der Waals surface area contributed by atoms with Crippen LogP contribution in [0, 0.1) is 17.8 Å². The monoisotopic (exact) mass is 980 g/mol. The van der Waals surface area contributed by atoms with E-state index in [0.29, 0.717) is 49.2 Å². The predicted molar refractivity (Wildman–Crippen MR) is 286 cm³/mol. The van der Waals surface area contributed by atoms with E-state index in [9.17, 15) is 20.1 Å². The van der Waals surface area contributed by atoms with Gasteiger partial charge in [-0.3, -0.25) is 4.79 Å². The van der Waals surface area contributed by atoms with Crippen LogP contribution in [0.3, 0.4) is 0 Å². The number of nitrogens with two attached hydrogens (primary N) is 2. The highest BCUT2D eigenvalue weighted by atomic mass is 16.5. The molecule has 1 saturated heterocycles. The minimum atomic E-state index is -0.883. The molecule has 73 heavy (non-hydrogen) atoms. The van der Waals surface area contributed by atoms with Crippen molar-refractivity contribution in [3.63, 3.8) is 0 Å². The van der Waals surface area contributed by atoms with Crippen molar-refractivity contribution in [1.29, 1.82) is 0 Å². The first-order valence-corrected chi connectivity index (χ1v) is 24.9. The van der Waals surface area contributed by atoms with Crippen LogP contribution in [-0.4, -0.2) is 84.5 Å². The van der Waals surface area contributed by atoms with Gasteiger partial charge in [0.25, 0.3) is 0 Å². The number of aromatic nitrogens is 1. The number of phenolic OH excluding ortho intramolecular Hbond substituents is 1. The normalized spacial score (nSPS) is 18.7. The van der Waals surface area contributed by atoms with E-state index in [-0.39, 0.29) is 84.0 Å². The topological polar surface area (TPSA) is 214 Å². The number of nitrogens with zero attached hydrogens (tertiary/aromatic N) is 2. The quantitative estimate of drug-likeness (QED) is 0.0377. The van der Waals surface area contributed by atoms with E-state index in [2.05, 4.69) is 75.4 Å². The number of aromatic hydroxyl groups is 1. The van der Waals surface area contributed by atoms with Crippen molar-refractivity contribution >= 4 is 34.5 Å². The molecule has 1 fully saturated rings. The number of aryl methyl sites for hydroxylation is 1. The molecule has 0 amide bonds. The molecule has 7 aromatic rings. The number of aliphatic imine (C=N–C) groups is 1. The molecule has 5 aromatic carbocycles. The van der Waals surface area contributed by atoms with E-state index in [0.717, 1.165) is 51.3 Å². The van der Waals surface area contributed by atoms with E-state index in [1.54, 1.807) is 18.2 Å². The van der Waals surface area contributed by atoms with Crippen molar-refractivity contribution in [2.75, 3.05) is 44.9 Å². The van der Waals surface area contributed by atoms with Crippen molar-refractivity contribution in [3.05, 3.63) is 159 Å². The Labute approximate surface area is 424 Å². The Morgan fingerprint density at radius 1 is 0.945 bits per heavy atom. The first-order chi connectivity index (χ1) is 35.6. The van der Waals surface area contributed by atoms with Crippen LogP contribution in [0.2, 0.25) is 0 Å². The van der Waals surface area contributed by atoms with Gasteiger partial charge in [-0.1, -0.05) is 97.6 Å². The van der Waals surface area contributed by atoms with Crippen molar-refractivity contribution in [3.8, 4) is 57.3 Å². The molecule has 4 aliphatic heterocycles. The van der Waals surface area contributed by atoms with Gasteiger partial charge >= 0.3 is 0 Å². The van der Waals surface area contributed by atoms with E-state index in [4.69, 9.17) is 30.1 Å². The van der Waals surface area contributed by atoms with Crippen molar-refractivity contribution in [2.45, 2.75) is 63.1 Å². The van der Waals surface area contributed by atoms with Gasteiger partial charge in [-0.05, 0) is 89.9 Å². The zero-order chi connectivity index (χ0) is 50.6. The van der Waals surface area contributed by atoms with Gasteiger partial charge in [0, 0.05) is 54.9 Å². The third kappa shape index (κ3) is 10.4. The Morgan fingerprint density at radius 2 is 1.77 bits per heavy atom. The molecule has 0 spiro atoms. The first-order valence-electron chi connectivity index (χ1n) is 24.9. The molecule has 14 heteroatoms. The number of hydrogen-bond acceptors (Lipinski definition) is 11. The number of hydrogen-bond donors (Lipinski definition) is 7. The lowest BCUT2D eigenvalue weighted by atomic mass is 9.86. The Morgan fingerprint density at radius 3 is 2.55 bits per heavy atom. The standard InChI is InChI=1S/C59H60N6O8/c1-3-43-31-46-40-11-7-10-36(26-40)27-42-17-21-47-49(65(24-23-62-47)58(46)63-43)30-37-12-14-41(48(29-37)64-59(60)61)28-38(33-66)34-72-55-52(42)54-53(50(69)32-51(73-54)39-15-19-44(67)20-16-39)56(57(55)70-2)71-25-22-45(68)18-13-35-8-5-4-6-9-35/h4-16,18-20,26,29,31-32,38,42,45,47,49,62-63,66-68H,3,22-25,27-28,30,33-34H2,1-2H3,(H4,60,61,64). The number of aromatic amines is 1. The lowest BCUT2D eigenvalue weighted by Crippen LogP contribution is -2.58. The van der Waals surface area contributed by atoms with Crippen LogP contribution in [0.4, 0.5) is 11.5 Å². The summed E-state index contributed by atoms with van der Waals surface area (Å²) in [6.45, 7) is 3.20. The number of aliphatic hydroxyl groups is 2. The van der Waals surface area contributed by atoms with E-state index in [1.807, 2.05) is 48.5 Å². The second-order valence-electron chi connectivity index (χ2n) is 18.9. The van der Waals surface area contributed by atoms with Crippen LogP contribution in [-0.2, 0) is 25.7 Å². The van der Waals surface area contributed by atoms with Gasteiger partial charge in [0.2, 0.25) is 5.75 Å². The second-order valence-corrected chi connectivity index (χ2v) is 18.9. The fraction of sp³-hybridized carbons (Fsp3) is 0.288. The van der Waals surface area contributed by atoms with E-state index < -0.39 is 23.4 Å². The van der Waals surface area contributed by atoms with Crippen LogP contribution >= 0.6 is 0 Å². The van der Waals surface area contributed by atoms with Crippen LogP contribution in [0.1, 0.15) is 52.8 Å². The molecular weight excluding hydrogens is 921 g/mol. The van der Waals surface area contributed by atoms with Crippen LogP contribution < -0.4 is 41.3 Å². The largest absolute Gasteiger partial charge is 0.508 e. The number of aliphatic hydroxyl groups excluding tert-OH is 2. The molecule has 0 radical (unpaired) electrons. The summed E-state index contributed by atoms with van der Waals surface area (Å²) in [4.78, 5) is 25.8. The highest BCUT2D eigenvalue weighted by Gasteiger charge is 2.36. The number of anilines is 1. The van der Waals surface area contributed by atoms with Crippen molar-refractivity contribution < 1.29 is 33.9 Å². The summed E-state index contributed by atoms with van der Waals surface area (Å²) in [7, 11) is 1.49. The summed E-state index contributed by atoms with van der Waals surface area (Å²) in [6, 6.07) is 33.8. The minimum Gasteiger partial charge on any atom is -0.508 e. The molecule has 8 bridgehead atoms. The van der Waals surface area contributed by atoms with Gasteiger partial charge in [0.05, 0.1) is 55.7 Å². The molecule has 5 atom stereocenters. The number of H-pyrrole nitrogens is 1. The molecule has 6 heterocycles. The van der Waals surface area contributed by atoms with Crippen molar-refractivity contribution in [1.82, 2.24) is 10.3 Å². The zero-order valence-electron chi connectivity index (χ0n) is 40.9. The fourth-order valence-corrected chi connectivity index (χ4v) is 10.3. The summed E-state index contributed by atoms with van der Waals surface area (Å²) in [5, 5.41) is 36.4. The average Bonchev–Trinajstić information content (AvgIpc) is 3.83. The number of guanidine groups is 1. The highest BCUT2D eigenvalue weighted by Crippen LogP contribution is 2.50. The molecule has 5 unspecified atom stereocenters. The van der Waals surface area contributed by atoms with Gasteiger partial charge in [-0.15, -0.1) is 0 Å². The maximum atomic E-state index is 15.0.